The Morgan fingerprint density at radius 3 is 2.65 bits per heavy atom. The molecule has 120 valence electrons. The number of halogens is 2. The molecule has 1 aliphatic heterocycles. The summed E-state index contributed by atoms with van der Waals surface area (Å²) in [5, 5.41) is 9.58. The summed E-state index contributed by atoms with van der Waals surface area (Å²) in [7, 11) is 0. The molecule has 1 saturated heterocycles. The van der Waals surface area contributed by atoms with E-state index >= 15 is 0 Å². The molecule has 4 nitrogen and oxygen atoms in total. The van der Waals surface area contributed by atoms with Gasteiger partial charge in [0.1, 0.15) is 11.6 Å². The second kappa shape index (κ2) is 6.42. The van der Waals surface area contributed by atoms with E-state index in [1.807, 2.05) is 12.1 Å². The maximum atomic E-state index is 13.8. The number of carbonyl (C=O) groups excluding carboxylic acids is 1. The summed E-state index contributed by atoms with van der Waals surface area (Å²) >= 11 is 0. The standard InChI is InChI=1S/C17H16F2N2O2/c18-13-1-2-16(19)14(7-13)17(23)21-8-12(10-22)15(9-21)11-3-5-20-6-4-11/h1-7,12,15,22H,8-10H2/t12-,15-/m0/s1. The van der Waals surface area contributed by atoms with E-state index in [2.05, 4.69) is 4.98 Å². The molecule has 0 bridgehead atoms. The Balaban J connectivity index is 1.84. The van der Waals surface area contributed by atoms with Crippen LogP contribution in [0.3, 0.4) is 0 Å². The van der Waals surface area contributed by atoms with Gasteiger partial charge in [0, 0.05) is 43.9 Å². The second-order valence-electron chi connectivity index (χ2n) is 5.66. The maximum absolute atomic E-state index is 13.8. The molecule has 0 aliphatic carbocycles. The van der Waals surface area contributed by atoms with Crippen molar-refractivity contribution in [1.29, 1.82) is 0 Å². The van der Waals surface area contributed by atoms with Crippen LogP contribution in [0, 0.1) is 17.6 Å². The molecule has 2 atom stereocenters. The number of aromatic nitrogens is 1. The van der Waals surface area contributed by atoms with Crippen LogP contribution in [-0.2, 0) is 0 Å². The number of rotatable bonds is 3. The summed E-state index contributed by atoms with van der Waals surface area (Å²) in [5.74, 6) is -2.15. The van der Waals surface area contributed by atoms with Gasteiger partial charge in [0.2, 0.25) is 0 Å². The number of likely N-dealkylation sites (tertiary alicyclic amines) is 1. The lowest BCUT2D eigenvalue weighted by Gasteiger charge is -2.17. The molecule has 1 fully saturated rings. The van der Waals surface area contributed by atoms with Crippen LogP contribution in [0.25, 0.3) is 0 Å². The Morgan fingerprint density at radius 2 is 1.96 bits per heavy atom. The number of carbonyl (C=O) groups is 1. The van der Waals surface area contributed by atoms with Gasteiger partial charge in [-0.1, -0.05) is 0 Å². The minimum atomic E-state index is -0.746. The lowest BCUT2D eigenvalue weighted by atomic mass is 9.90. The molecule has 6 heteroatoms. The molecule has 1 aromatic carbocycles. The van der Waals surface area contributed by atoms with Crippen LogP contribution in [-0.4, -0.2) is 40.6 Å². The number of nitrogens with zero attached hydrogens (tertiary/aromatic N) is 2. The van der Waals surface area contributed by atoms with Gasteiger partial charge in [0.25, 0.3) is 5.91 Å². The molecule has 1 aromatic heterocycles. The zero-order valence-corrected chi connectivity index (χ0v) is 12.3. The van der Waals surface area contributed by atoms with Gasteiger partial charge in [-0.25, -0.2) is 8.78 Å². The number of amides is 1. The van der Waals surface area contributed by atoms with Gasteiger partial charge >= 0.3 is 0 Å². The van der Waals surface area contributed by atoms with Gasteiger partial charge in [-0.2, -0.15) is 0 Å². The molecule has 0 radical (unpaired) electrons. The van der Waals surface area contributed by atoms with E-state index in [4.69, 9.17) is 0 Å². The quantitative estimate of drug-likeness (QED) is 0.944. The number of pyridine rings is 1. The van der Waals surface area contributed by atoms with Crippen LogP contribution >= 0.6 is 0 Å². The number of hydrogen-bond acceptors (Lipinski definition) is 3. The highest BCUT2D eigenvalue weighted by Gasteiger charge is 2.36. The van der Waals surface area contributed by atoms with E-state index < -0.39 is 17.5 Å². The molecule has 0 spiro atoms. The first-order valence-corrected chi connectivity index (χ1v) is 7.35. The van der Waals surface area contributed by atoms with Crippen molar-refractivity contribution in [2.45, 2.75) is 5.92 Å². The summed E-state index contributed by atoms with van der Waals surface area (Å²) < 4.78 is 27.1. The first-order valence-electron chi connectivity index (χ1n) is 7.35. The Kier molecular flexibility index (Phi) is 4.34. The average molecular weight is 318 g/mol. The second-order valence-corrected chi connectivity index (χ2v) is 5.66. The van der Waals surface area contributed by atoms with Gasteiger partial charge in [0.15, 0.2) is 0 Å². The SMILES string of the molecule is O=C(c1cc(F)ccc1F)N1C[C@@H](CO)[C@H](c2ccncc2)C1. The monoisotopic (exact) mass is 318 g/mol. The molecule has 0 saturated carbocycles. The molecular formula is C17H16F2N2O2. The summed E-state index contributed by atoms with van der Waals surface area (Å²) in [5.41, 5.74) is 0.686. The van der Waals surface area contributed by atoms with Gasteiger partial charge in [-0.3, -0.25) is 9.78 Å². The van der Waals surface area contributed by atoms with Crippen molar-refractivity contribution in [2.75, 3.05) is 19.7 Å². The number of aliphatic hydroxyl groups excluding tert-OH is 1. The number of benzene rings is 1. The van der Waals surface area contributed by atoms with Gasteiger partial charge < -0.3 is 10.0 Å². The fourth-order valence-corrected chi connectivity index (χ4v) is 3.04. The van der Waals surface area contributed by atoms with Crippen LogP contribution < -0.4 is 0 Å². The molecule has 1 N–H and O–H groups in total. The molecule has 3 rings (SSSR count). The van der Waals surface area contributed by atoms with Crippen LogP contribution in [0.1, 0.15) is 21.8 Å². The van der Waals surface area contributed by atoms with Gasteiger partial charge in [-0.15, -0.1) is 0 Å². The molecule has 23 heavy (non-hydrogen) atoms. The normalized spacial score (nSPS) is 20.7. The summed E-state index contributed by atoms with van der Waals surface area (Å²) in [6.45, 7) is 0.574. The van der Waals surface area contributed by atoms with Gasteiger partial charge in [-0.05, 0) is 35.9 Å². The van der Waals surface area contributed by atoms with Crippen molar-refractivity contribution in [2.24, 2.45) is 5.92 Å². The first-order chi connectivity index (χ1) is 11.1. The fraction of sp³-hybridized carbons (Fsp3) is 0.294. The van der Waals surface area contributed by atoms with Crippen molar-refractivity contribution in [3.8, 4) is 0 Å². The van der Waals surface area contributed by atoms with Crippen LogP contribution in [0.2, 0.25) is 0 Å². The van der Waals surface area contributed by atoms with Crippen molar-refractivity contribution in [1.82, 2.24) is 9.88 Å². The van der Waals surface area contributed by atoms with E-state index in [0.29, 0.717) is 13.1 Å². The zero-order valence-electron chi connectivity index (χ0n) is 12.3. The average Bonchev–Trinajstić information content (AvgIpc) is 3.01. The highest BCUT2D eigenvalue weighted by Crippen LogP contribution is 2.33. The minimum absolute atomic E-state index is 0.0522. The Morgan fingerprint density at radius 1 is 1.22 bits per heavy atom. The van der Waals surface area contributed by atoms with Crippen LogP contribution in [0.5, 0.6) is 0 Å². The topological polar surface area (TPSA) is 53.4 Å². The van der Waals surface area contributed by atoms with E-state index in [1.165, 1.54) is 4.90 Å². The van der Waals surface area contributed by atoms with E-state index in [0.717, 1.165) is 23.8 Å². The molecule has 1 aliphatic rings. The molecule has 2 heterocycles. The summed E-state index contributed by atoms with van der Waals surface area (Å²) in [6, 6.07) is 6.51. The van der Waals surface area contributed by atoms with Crippen LogP contribution in [0.15, 0.2) is 42.7 Å². The Bertz CT molecular complexity index is 709. The molecule has 0 unspecified atom stereocenters. The largest absolute Gasteiger partial charge is 0.396 e. The van der Waals surface area contributed by atoms with Gasteiger partial charge in [0.05, 0.1) is 5.56 Å². The lowest BCUT2D eigenvalue weighted by Crippen LogP contribution is -2.30. The third kappa shape index (κ3) is 3.07. The minimum Gasteiger partial charge on any atom is -0.396 e. The molecule has 1 amide bonds. The number of hydrogen-bond donors (Lipinski definition) is 1. The highest BCUT2D eigenvalue weighted by atomic mass is 19.1. The van der Waals surface area contributed by atoms with Crippen molar-refractivity contribution >= 4 is 5.91 Å². The highest BCUT2D eigenvalue weighted by molar-refractivity contribution is 5.94. The fourth-order valence-electron chi connectivity index (χ4n) is 3.04. The van der Waals surface area contributed by atoms with E-state index in [1.54, 1.807) is 12.4 Å². The van der Waals surface area contributed by atoms with Crippen LogP contribution in [0.4, 0.5) is 8.78 Å². The predicted molar refractivity (Wildman–Crippen MR) is 79.8 cm³/mol. The third-order valence-electron chi connectivity index (χ3n) is 4.26. The summed E-state index contributed by atoms with van der Waals surface area (Å²) in [6.07, 6.45) is 3.31. The zero-order chi connectivity index (χ0) is 16.4. The van der Waals surface area contributed by atoms with E-state index in [9.17, 15) is 18.7 Å². The third-order valence-corrected chi connectivity index (χ3v) is 4.26. The van der Waals surface area contributed by atoms with Crippen molar-refractivity contribution in [3.63, 3.8) is 0 Å². The van der Waals surface area contributed by atoms with E-state index in [-0.39, 0.29) is 24.0 Å². The van der Waals surface area contributed by atoms with Crippen molar-refractivity contribution in [3.05, 3.63) is 65.5 Å². The number of aliphatic hydroxyl groups is 1. The lowest BCUT2D eigenvalue weighted by molar-refractivity contribution is 0.0776. The molecular weight excluding hydrogens is 302 g/mol. The predicted octanol–water partition coefficient (Wildman–Crippen LogP) is 2.21. The maximum Gasteiger partial charge on any atom is 0.256 e. The van der Waals surface area contributed by atoms with Crippen molar-refractivity contribution < 1.29 is 18.7 Å². The Labute approximate surface area is 132 Å². The summed E-state index contributed by atoms with van der Waals surface area (Å²) in [4.78, 5) is 17.9. The Hall–Kier alpha value is -2.34. The smallest absolute Gasteiger partial charge is 0.256 e. The molecule has 2 aromatic rings. The first kappa shape index (κ1) is 15.6.